The molecular weight excluding hydrogens is 288 g/mol. The number of sulfone groups is 1. The third-order valence-electron chi connectivity index (χ3n) is 3.39. The van der Waals surface area contributed by atoms with Gasteiger partial charge in [0.2, 0.25) is 0 Å². The molecule has 2 heterocycles. The lowest BCUT2D eigenvalue weighted by molar-refractivity contribution is -0.111. The van der Waals surface area contributed by atoms with Crippen LogP contribution in [0.15, 0.2) is 12.3 Å². The number of anilines is 1. The molecule has 0 aromatic carbocycles. The number of hydrogen-bond donors (Lipinski definition) is 1. The summed E-state index contributed by atoms with van der Waals surface area (Å²) >= 11 is 0. The molecular formula is C15H18N2O3S. The Morgan fingerprint density at radius 1 is 1.33 bits per heavy atom. The van der Waals surface area contributed by atoms with Gasteiger partial charge in [0.1, 0.15) is 15.7 Å². The van der Waals surface area contributed by atoms with Gasteiger partial charge in [-0.05, 0) is 43.7 Å². The van der Waals surface area contributed by atoms with Crippen LogP contribution in [-0.4, -0.2) is 30.8 Å². The smallest absolute Gasteiger partial charge is 0.299 e. The molecule has 21 heavy (non-hydrogen) atoms. The summed E-state index contributed by atoms with van der Waals surface area (Å²) in [6.45, 7) is 3.80. The lowest BCUT2D eigenvalue weighted by Crippen LogP contribution is -2.22. The van der Waals surface area contributed by atoms with Gasteiger partial charge in [0.25, 0.3) is 0 Å². The molecule has 0 atom stereocenters. The molecule has 0 unspecified atom stereocenters. The fourth-order valence-electron chi connectivity index (χ4n) is 2.19. The summed E-state index contributed by atoms with van der Waals surface area (Å²) in [6.07, 6.45) is 2.69. The summed E-state index contributed by atoms with van der Waals surface area (Å²) in [5.74, 6) is 5.78. The van der Waals surface area contributed by atoms with E-state index in [0.29, 0.717) is 18.7 Å². The Balaban J connectivity index is 1.95. The van der Waals surface area contributed by atoms with Crippen molar-refractivity contribution >= 4 is 21.6 Å². The molecule has 6 heteroatoms. The lowest BCUT2D eigenvalue weighted by atomic mass is 10.0. The van der Waals surface area contributed by atoms with Gasteiger partial charge in [0.05, 0.1) is 11.5 Å². The number of hydrogen-bond acceptors (Lipinski definition) is 4. The third-order valence-corrected chi connectivity index (χ3v) is 5.11. The number of carbonyl (C=O) groups is 1. The van der Waals surface area contributed by atoms with Gasteiger partial charge in [-0.2, -0.15) is 0 Å². The highest BCUT2D eigenvalue weighted by Crippen LogP contribution is 2.17. The summed E-state index contributed by atoms with van der Waals surface area (Å²) in [4.78, 5) is 15.9. The predicted molar refractivity (Wildman–Crippen MR) is 81.5 cm³/mol. The van der Waals surface area contributed by atoms with Crippen LogP contribution in [0, 0.1) is 31.6 Å². The van der Waals surface area contributed by atoms with Crippen LogP contribution in [0.1, 0.15) is 24.0 Å². The molecule has 1 fully saturated rings. The molecule has 1 aliphatic rings. The monoisotopic (exact) mass is 306 g/mol. The quantitative estimate of drug-likeness (QED) is 0.797. The zero-order valence-corrected chi connectivity index (χ0v) is 13.0. The Kier molecular flexibility index (Phi) is 4.63. The minimum absolute atomic E-state index is 0.0219. The summed E-state index contributed by atoms with van der Waals surface area (Å²) in [6, 6.07) is 1.93. The summed E-state index contributed by atoms with van der Waals surface area (Å²) in [7, 11) is -2.89. The summed E-state index contributed by atoms with van der Waals surface area (Å²) < 4.78 is 22.6. The van der Waals surface area contributed by atoms with Gasteiger partial charge in [0.15, 0.2) is 0 Å². The Morgan fingerprint density at radius 2 is 2.00 bits per heavy atom. The first-order chi connectivity index (χ1) is 9.85. The molecule has 1 aliphatic heterocycles. The number of nitrogens with one attached hydrogen (secondary N) is 1. The minimum atomic E-state index is -2.89. The Morgan fingerprint density at radius 3 is 2.62 bits per heavy atom. The largest absolute Gasteiger partial charge is 0.301 e. The number of aryl methyl sites for hydroxylation is 2. The number of rotatable bonds is 1. The van der Waals surface area contributed by atoms with E-state index in [-0.39, 0.29) is 17.4 Å². The highest BCUT2D eigenvalue weighted by molar-refractivity contribution is 7.91. The number of pyridine rings is 1. The van der Waals surface area contributed by atoms with Gasteiger partial charge in [-0.25, -0.2) is 13.4 Å². The van der Waals surface area contributed by atoms with Crippen molar-refractivity contribution in [2.24, 2.45) is 5.92 Å². The normalized spacial score (nSPS) is 17.6. The van der Waals surface area contributed by atoms with Crippen molar-refractivity contribution in [1.82, 2.24) is 4.98 Å². The van der Waals surface area contributed by atoms with E-state index in [4.69, 9.17) is 0 Å². The van der Waals surface area contributed by atoms with Crippen LogP contribution < -0.4 is 5.32 Å². The summed E-state index contributed by atoms with van der Waals surface area (Å²) in [5.41, 5.74) is 1.91. The molecule has 112 valence electrons. The standard InChI is InChI=1S/C15H18N2O3S/c1-11-9-12(2)15(16-10-11)17-14(18)4-3-13-5-7-21(19,20)8-6-13/h9-10,13H,5-8H2,1-2H3,(H,16,17,18). The van der Waals surface area contributed by atoms with Crippen molar-refractivity contribution in [2.75, 3.05) is 16.8 Å². The average molecular weight is 306 g/mol. The fraction of sp³-hybridized carbons (Fsp3) is 0.467. The van der Waals surface area contributed by atoms with E-state index in [1.807, 2.05) is 19.9 Å². The molecule has 1 saturated heterocycles. The Labute approximate surface area is 125 Å². The van der Waals surface area contributed by atoms with Crippen LogP contribution >= 0.6 is 0 Å². The number of carbonyl (C=O) groups excluding carboxylic acids is 1. The first kappa shape index (κ1) is 15.5. The molecule has 1 aromatic heterocycles. The SMILES string of the molecule is Cc1cnc(NC(=O)C#CC2CCS(=O)(=O)CC2)c(C)c1. The number of amides is 1. The maximum atomic E-state index is 11.8. The maximum Gasteiger partial charge on any atom is 0.301 e. The second-order valence-corrected chi connectivity index (χ2v) is 7.63. The van der Waals surface area contributed by atoms with E-state index >= 15 is 0 Å². The second-order valence-electron chi connectivity index (χ2n) is 5.33. The molecule has 0 aliphatic carbocycles. The Hall–Kier alpha value is -1.87. The van der Waals surface area contributed by atoms with Crippen molar-refractivity contribution in [3.63, 3.8) is 0 Å². The van der Waals surface area contributed by atoms with Crippen LogP contribution in [-0.2, 0) is 14.6 Å². The molecule has 1 N–H and O–H groups in total. The highest BCUT2D eigenvalue weighted by atomic mass is 32.2. The topological polar surface area (TPSA) is 76.1 Å². The second kappa shape index (κ2) is 6.27. The average Bonchev–Trinajstić information content (AvgIpc) is 2.41. The Bertz CT molecular complexity index is 700. The van der Waals surface area contributed by atoms with E-state index in [0.717, 1.165) is 11.1 Å². The van der Waals surface area contributed by atoms with Crippen LogP contribution in [0.25, 0.3) is 0 Å². The fourth-order valence-corrected chi connectivity index (χ4v) is 3.68. The van der Waals surface area contributed by atoms with Gasteiger partial charge < -0.3 is 0 Å². The molecule has 1 amide bonds. The summed E-state index contributed by atoms with van der Waals surface area (Å²) in [5, 5.41) is 2.65. The van der Waals surface area contributed by atoms with Crippen LogP contribution in [0.5, 0.6) is 0 Å². The molecule has 1 aromatic rings. The van der Waals surface area contributed by atoms with Gasteiger partial charge in [0, 0.05) is 12.1 Å². The number of nitrogens with zero attached hydrogens (tertiary/aromatic N) is 1. The lowest BCUT2D eigenvalue weighted by Gasteiger charge is -2.16. The van der Waals surface area contributed by atoms with E-state index in [1.54, 1.807) is 6.20 Å². The predicted octanol–water partition coefficient (Wildman–Crippen LogP) is 1.47. The van der Waals surface area contributed by atoms with E-state index in [1.165, 1.54) is 0 Å². The number of aromatic nitrogens is 1. The van der Waals surface area contributed by atoms with Crippen molar-refractivity contribution in [3.8, 4) is 11.8 Å². The van der Waals surface area contributed by atoms with Crippen LogP contribution in [0.2, 0.25) is 0 Å². The zero-order chi connectivity index (χ0) is 15.5. The van der Waals surface area contributed by atoms with Gasteiger partial charge in [-0.1, -0.05) is 12.0 Å². The zero-order valence-electron chi connectivity index (χ0n) is 12.1. The van der Waals surface area contributed by atoms with Gasteiger partial charge in [-0.3, -0.25) is 10.1 Å². The highest BCUT2D eigenvalue weighted by Gasteiger charge is 2.22. The third kappa shape index (κ3) is 4.57. The molecule has 0 bridgehead atoms. The maximum absolute atomic E-state index is 11.8. The first-order valence-corrected chi connectivity index (χ1v) is 8.64. The molecule has 0 radical (unpaired) electrons. The van der Waals surface area contributed by atoms with Crippen molar-refractivity contribution in [2.45, 2.75) is 26.7 Å². The van der Waals surface area contributed by atoms with E-state index < -0.39 is 15.7 Å². The molecule has 2 rings (SSSR count). The van der Waals surface area contributed by atoms with Crippen molar-refractivity contribution < 1.29 is 13.2 Å². The van der Waals surface area contributed by atoms with Crippen molar-refractivity contribution in [1.29, 1.82) is 0 Å². The molecule has 0 spiro atoms. The minimum Gasteiger partial charge on any atom is -0.299 e. The van der Waals surface area contributed by atoms with E-state index in [9.17, 15) is 13.2 Å². The van der Waals surface area contributed by atoms with Gasteiger partial charge >= 0.3 is 5.91 Å². The molecule has 5 nitrogen and oxygen atoms in total. The van der Waals surface area contributed by atoms with Crippen LogP contribution in [0.3, 0.4) is 0 Å². The first-order valence-electron chi connectivity index (χ1n) is 6.82. The molecule has 0 saturated carbocycles. The van der Waals surface area contributed by atoms with E-state index in [2.05, 4.69) is 22.1 Å². The van der Waals surface area contributed by atoms with Gasteiger partial charge in [-0.15, -0.1) is 0 Å². The van der Waals surface area contributed by atoms with Crippen molar-refractivity contribution in [3.05, 3.63) is 23.4 Å². The van der Waals surface area contributed by atoms with Crippen LogP contribution in [0.4, 0.5) is 5.82 Å².